The predicted molar refractivity (Wildman–Crippen MR) is 114 cm³/mol. The third-order valence-electron chi connectivity index (χ3n) is 3.50. The number of sulfonamides is 1. The second kappa shape index (κ2) is 10.2. The molecule has 0 unspecified atom stereocenters. The van der Waals surface area contributed by atoms with Gasteiger partial charge in [0.15, 0.2) is 0 Å². The Bertz CT molecular complexity index is 857. The van der Waals surface area contributed by atoms with Gasteiger partial charge in [-0.3, -0.25) is 9.10 Å². The number of nitrogens with zero attached hydrogens (tertiary/aromatic N) is 1. The number of rotatable bonds is 9. The predicted octanol–water partition coefficient (Wildman–Crippen LogP) is 3.81. The molecule has 2 rings (SSSR count). The van der Waals surface area contributed by atoms with Crippen LogP contribution in [0.15, 0.2) is 48.5 Å². The Kier molecular flexibility index (Phi) is 8.28. The van der Waals surface area contributed by atoms with Gasteiger partial charge in [-0.15, -0.1) is 0 Å². The van der Waals surface area contributed by atoms with Crippen LogP contribution < -0.4 is 9.62 Å². The molecule has 0 saturated heterocycles. The smallest absolute Gasteiger partial charge is 0.240 e. The number of thioether (sulfide) groups is 1. The van der Waals surface area contributed by atoms with Crippen molar-refractivity contribution in [2.45, 2.75) is 5.75 Å². The minimum absolute atomic E-state index is 0.253. The molecule has 1 N–H and O–H groups in total. The third kappa shape index (κ3) is 7.62. The van der Waals surface area contributed by atoms with Gasteiger partial charge < -0.3 is 5.32 Å². The number of hydrogen-bond acceptors (Lipinski definition) is 4. The maximum absolute atomic E-state index is 12.2. The topological polar surface area (TPSA) is 66.5 Å². The summed E-state index contributed by atoms with van der Waals surface area (Å²) >= 11 is 13.6. The summed E-state index contributed by atoms with van der Waals surface area (Å²) < 4.78 is 25.1. The second-order valence-corrected chi connectivity index (χ2v) is 9.67. The van der Waals surface area contributed by atoms with Gasteiger partial charge in [0.1, 0.15) is 6.54 Å². The first-order valence-electron chi connectivity index (χ1n) is 8.08. The zero-order valence-electron chi connectivity index (χ0n) is 14.7. The molecule has 0 spiro atoms. The van der Waals surface area contributed by atoms with Crippen molar-refractivity contribution in [2.75, 3.05) is 29.4 Å². The summed E-state index contributed by atoms with van der Waals surface area (Å²) in [4.78, 5) is 12.2. The van der Waals surface area contributed by atoms with E-state index in [4.69, 9.17) is 23.2 Å². The summed E-state index contributed by atoms with van der Waals surface area (Å²) in [7, 11) is -3.67. The Morgan fingerprint density at radius 2 is 1.74 bits per heavy atom. The fourth-order valence-electron chi connectivity index (χ4n) is 2.30. The highest BCUT2D eigenvalue weighted by atomic mass is 35.5. The molecule has 27 heavy (non-hydrogen) atoms. The molecule has 0 radical (unpaired) electrons. The fraction of sp³-hybridized carbons (Fsp3) is 0.278. The Hall–Kier alpha value is -1.41. The first kappa shape index (κ1) is 21.9. The first-order valence-corrected chi connectivity index (χ1v) is 11.8. The van der Waals surface area contributed by atoms with E-state index in [9.17, 15) is 13.2 Å². The van der Waals surface area contributed by atoms with Crippen molar-refractivity contribution < 1.29 is 13.2 Å². The summed E-state index contributed by atoms with van der Waals surface area (Å²) in [6.07, 6.45) is 1.03. The molecule has 0 aliphatic rings. The van der Waals surface area contributed by atoms with Crippen molar-refractivity contribution in [3.63, 3.8) is 0 Å². The maximum atomic E-state index is 12.2. The quantitative estimate of drug-likeness (QED) is 0.594. The van der Waals surface area contributed by atoms with E-state index in [0.717, 1.165) is 22.1 Å². The minimum atomic E-state index is -3.67. The van der Waals surface area contributed by atoms with Gasteiger partial charge in [0.25, 0.3) is 0 Å². The van der Waals surface area contributed by atoms with Gasteiger partial charge in [0.2, 0.25) is 15.9 Å². The Morgan fingerprint density at radius 3 is 2.33 bits per heavy atom. The van der Waals surface area contributed by atoms with Crippen LogP contribution in [0.1, 0.15) is 5.56 Å². The van der Waals surface area contributed by atoms with Gasteiger partial charge in [0.05, 0.1) is 11.9 Å². The summed E-state index contributed by atoms with van der Waals surface area (Å²) in [6.45, 7) is 0.114. The molecule has 0 saturated carbocycles. The Balaban J connectivity index is 1.87. The molecule has 2 aromatic carbocycles. The largest absolute Gasteiger partial charge is 0.354 e. The number of carbonyl (C=O) groups is 1. The number of amides is 1. The lowest BCUT2D eigenvalue weighted by Gasteiger charge is -2.22. The molecule has 0 heterocycles. The molecular formula is C18H20Cl2N2O3S2. The van der Waals surface area contributed by atoms with Gasteiger partial charge in [-0.05, 0) is 23.8 Å². The van der Waals surface area contributed by atoms with Crippen LogP contribution in [-0.2, 0) is 20.6 Å². The number of carbonyl (C=O) groups excluding carboxylic acids is 1. The lowest BCUT2D eigenvalue weighted by molar-refractivity contribution is -0.119. The van der Waals surface area contributed by atoms with E-state index >= 15 is 0 Å². The van der Waals surface area contributed by atoms with E-state index in [1.54, 1.807) is 11.8 Å². The second-order valence-electron chi connectivity index (χ2n) is 5.79. The molecule has 0 aliphatic heterocycles. The molecule has 0 atom stereocenters. The number of anilines is 1. The highest BCUT2D eigenvalue weighted by molar-refractivity contribution is 7.98. The lowest BCUT2D eigenvalue weighted by atomic mass is 10.2. The number of hydrogen-bond donors (Lipinski definition) is 1. The van der Waals surface area contributed by atoms with E-state index in [1.165, 1.54) is 23.8 Å². The average molecular weight is 447 g/mol. The van der Waals surface area contributed by atoms with Gasteiger partial charge in [-0.25, -0.2) is 8.42 Å². The Labute approximate surface area is 174 Å². The SMILES string of the molecule is CS(=O)(=O)N(CC(=O)NCCSCc1ccccc1)c1cc(Cl)cc(Cl)c1. The summed E-state index contributed by atoms with van der Waals surface area (Å²) in [5.41, 5.74) is 1.47. The maximum Gasteiger partial charge on any atom is 0.240 e. The zero-order chi connectivity index (χ0) is 19.9. The Morgan fingerprint density at radius 1 is 1.11 bits per heavy atom. The van der Waals surface area contributed by atoms with Crippen LogP contribution in [0, 0.1) is 0 Å². The van der Waals surface area contributed by atoms with Crippen LogP contribution >= 0.6 is 35.0 Å². The molecular weight excluding hydrogens is 427 g/mol. The zero-order valence-corrected chi connectivity index (χ0v) is 17.8. The molecule has 0 aliphatic carbocycles. The van der Waals surface area contributed by atoms with E-state index in [1.807, 2.05) is 30.3 Å². The normalized spacial score (nSPS) is 11.2. The van der Waals surface area contributed by atoms with Crippen molar-refractivity contribution in [2.24, 2.45) is 0 Å². The number of nitrogens with one attached hydrogen (secondary N) is 1. The van der Waals surface area contributed by atoms with E-state index < -0.39 is 15.9 Å². The van der Waals surface area contributed by atoms with Gasteiger partial charge >= 0.3 is 0 Å². The van der Waals surface area contributed by atoms with Crippen LogP contribution in [0.5, 0.6) is 0 Å². The summed E-state index contributed by atoms with van der Waals surface area (Å²) in [5, 5.41) is 3.33. The molecule has 1 amide bonds. The van der Waals surface area contributed by atoms with Crippen molar-refractivity contribution >= 4 is 56.6 Å². The fourth-order valence-corrected chi connectivity index (χ4v) is 4.47. The molecule has 146 valence electrons. The van der Waals surface area contributed by atoms with Crippen LogP contribution in [0.25, 0.3) is 0 Å². The van der Waals surface area contributed by atoms with Crippen molar-refractivity contribution in [1.82, 2.24) is 5.32 Å². The number of benzene rings is 2. The van der Waals surface area contributed by atoms with E-state index in [0.29, 0.717) is 16.6 Å². The molecule has 9 heteroatoms. The number of halogens is 2. The molecule has 5 nitrogen and oxygen atoms in total. The van der Waals surface area contributed by atoms with Crippen molar-refractivity contribution in [3.8, 4) is 0 Å². The van der Waals surface area contributed by atoms with Gasteiger partial charge in [0, 0.05) is 28.1 Å². The molecule has 0 aromatic heterocycles. The van der Waals surface area contributed by atoms with Crippen LogP contribution in [0.4, 0.5) is 5.69 Å². The highest BCUT2D eigenvalue weighted by Crippen LogP contribution is 2.26. The van der Waals surface area contributed by atoms with Crippen LogP contribution in [0.3, 0.4) is 0 Å². The average Bonchev–Trinajstić information content (AvgIpc) is 2.58. The first-order chi connectivity index (χ1) is 12.8. The highest BCUT2D eigenvalue weighted by Gasteiger charge is 2.21. The van der Waals surface area contributed by atoms with Crippen molar-refractivity contribution in [3.05, 3.63) is 64.1 Å². The van der Waals surface area contributed by atoms with Gasteiger partial charge in [-0.2, -0.15) is 11.8 Å². The minimum Gasteiger partial charge on any atom is -0.354 e. The molecule has 2 aromatic rings. The van der Waals surface area contributed by atoms with E-state index in [2.05, 4.69) is 5.32 Å². The van der Waals surface area contributed by atoms with Crippen molar-refractivity contribution in [1.29, 1.82) is 0 Å². The van der Waals surface area contributed by atoms with Crippen LogP contribution in [-0.4, -0.2) is 39.4 Å². The summed E-state index contributed by atoms with van der Waals surface area (Å²) in [5.74, 6) is 1.19. The monoisotopic (exact) mass is 446 g/mol. The molecule has 0 fully saturated rings. The lowest BCUT2D eigenvalue weighted by Crippen LogP contribution is -2.41. The third-order valence-corrected chi connectivity index (χ3v) is 6.11. The van der Waals surface area contributed by atoms with E-state index in [-0.39, 0.29) is 12.2 Å². The van der Waals surface area contributed by atoms with Crippen LogP contribution in [0.2, 0.25) is 10.0 Å². The van der Waals surface area contributed by atoms with Gasteiger partial charge in [-0.1, -0.05) is 53.5 Å². The molecule has 0 bridgehead atoms. The standard InChI is InChI=1S/C18H20Cl2N2O3S2/c1-27(24,25)22(17-10-15(19)9-16(20)11-17)12-18(23)21-7-8-26-13-14-5-3-2-4-6-14/h2-6,9-11H,7-8,12-13H2,1H3,(H,21,23). The summed E-state index contributed by atoms with van der Waals surface area (Å²) in [6, 6.07) is 14.4.